The molecule has 1 amide bonds. The summed E-state index contributed by atoms with van der Waals surface area (Å²) in [4.78, 5) is 11.5. The van der Waals surface area contributed by atoms with Gasteiger partial charge in [-0.15, -0.1) is 0 Å². The van der Waals surface area contributed by atoms with Gasteiger partial charge in [-0.1, -0.05) is 6.92 Å². The molecule has 1 N–H and O–H groups in total. The number of hydrogen-bond acceptors (Lipinski definition) is 7. The molecule has 22 heavy (non-hydrogen) atoms. The topological polar surface area (TPSA) is 119 Å². The number of ether oxygens (including phenoxy) is 1. The Bertz CT molecular complexity index is 578. The quantitative estimate of drug-likeness (QED) is 0.648. The van der Waals surface area contributed by atoms with E-state index >= 15 is 0 Å². The standard InChI is InChI=1S/C11H24N2O7S2/c1-9(8-19-21(6,15)16)7-13(5)22(17,18)12-10(14)20-11(2,3)4/h9H,7-8H2,1-6H3,(H,12,14)/t9-/m0/s1. The second kappa shape index (κ2) is 7.57. The molecule has 0 unspecified atom stereocenters. The third-order valence-corrected chi connectivity index (χ3v) is 4.12. The molecule has 0 aliphatic rings. The van der Waals surface area contributed by atoms with Crippen LogP contribution in [0, 0.1) is 5.92 Å². The first-order valence-corrected chi connectivity index (χ1v) is 9.69. The van der Waals surface area contributed by atoms with Gasteiger partial charge in [0.25, 0.3) is 10.1 Å². The Kier molecular flexibility index (Phi) is 7.26. The second-order valence-corrected chi connectivity index (χ2v) is 9.40. The van der Waals surface area contributed by atoms with Gasteiger partial charge in [0.2, 0.25) is 0 Å². The van der Waals surface area contributed by atoms with Crippen molar-refractivity contribution in [2.24, 2.45) is 5.92 Å². The van der Waals surface area contributed by atoms with Gasteiger partial charge in [-0.05, 0) is 26.7 Å². The van der Waals surface area contributed by atoms with E-state index in [1.54, 1.807) is 32.4 Å². The van der Waals surface area contributed by atoms with Crippen LogP contribution in [0.5, 0.6) is 0 Å². The predicted octanol–water partition coefficient (Wildman–Crippen LogP) is 0.300. The Morgan fingerprint density at radius 2 is 1.73 bits per heavy atom. The number of amides is 1. The molecule has 0 saturated carbocycles. The molecule has 11 heteroatoms. The fourth-order valence-electron chi connectivity index (χ4n) is 1.31. The molecule has 0 heterocycles. The number of nitrogens with one attached hydrogen (secondary N) is 1. The van der Waals surface area contributed by atoms with E-state index in [9.17, 15) is 21.6 Å². The Labute approximate surface area is 132 Å². The SMILES string of the molecule is C[C@H](COS(C)(=O)=O)CN(C)S(=O)(=O)NC(=O)OC(C)(C)C. The zero-order valence-corrected chi connectivity index (χ0v) is 15.2. The van der Waals surface area contributed by atoms with Gasteiger partial charge in [0.1, 0.15) is 5.60 Å². The third kappa shape index (κ3) is 9.92. The maximum atomic E-state index is 11.9. The van der Waals surface area contributed by atoms with Gasteiger partial charge < -0.3 is 4.74 Å². The number of rotatable bonds is 7. The molecule has 0 fully saturated rings. The summed E-state index contributed by atoms with van der Waals surface area (Å²) in [6, 6.07) is 0. The molecule has 0 bridgehead atoms. The molecular weight excluding hydrogens is 336 g/mol. The van der Waals surface area contributed by atoms with E-state index in [2.05, 4.69) is 4.18 Å². The highest BCUT2D eigenvalue weighted by molar-refractivity contribution is 7.87. The monoisotopic (exact) mass is 360 g/mol. The van der Waals surface area contributed by atoms with Crippen molar-refractivity contribution in [3.05, 3.63) is 0 Å². The lowest BCUT2D eigenvalue weighted by molar-refractivity contribution is 0.0567. The zero-order chi connectivity index (χ0) is 17.8. The van der Waals surface area contributed by atoms with Crippen molar-refractivity contribution < 1.29 is 30.6 Å². The first-order valence-electron chi connectivity index (χ1n) is 6.44. The molecule has 0 aromatic rings. The van der Waals surface area contributed by atoms with E-state index in [-0.39, 0.29) is 13.2 Å². The van der Waals surface area contributed by atoms with Crippen LogP contribution >= 0.6 is 0 Å². The van der Waals surface area contributed by atoms with Crippen LogP contribution in [0.4, 0.5) is 4.79 Å². The van der Waals surface area contributed by atoms with Crippen LogP contribution in [0.3, 0.4) is 0 Å². The van der Waals surface area contributed by atoms with Crippen LogP contribution in [0.2, 0.25) is 0 Å². The van der Waals surface area contributed by atoms with Crippen LogP contribution in [0.1, 0.15) is 27.7 Å². The highest BCUT2D eigenvalue weighted by atomic mass is 32.2. The summed E-state index contributed by atoms with van der Waals surface area (Å²) in [7, 11) is -6.41. The molecule has 0 saturated heterocycles. The average Bonchev–Trinajstić information content (AvgIpc) is 2.21. The van der Waals surface area contributed by atoms with Crippen LogP contribution in [-0.4, -0.2) is 59.3 Å². The summed E-state index contributed by atoms with van der Waals surface area (Å²) in [6.07, 6.45) is -0.177. The molecule has 1 atom stereocenters. The van der Waals surface area contributed by atoms with Gasteiger partial charge in [0.15, 0.2) is 0 Å². The summed E-state index contributed by atoms with van der Waals surface area (Å²) < 4.78 is 57.7. The smallest absolute Gasteiger partial charge is 0.422 e. The van der Waals surface area contributed by atoms with Crippen LogP contribution in [0.25, 0.3) is 0 Å². The summed E-state index contributed by atoms with van der Waals surface area (Å²) in [5.41, 5.74) is -0.825. The normalized spacial score (nSPS) is 14.7. The van der Waals surface area contributed by atoms with Crippen molar-refractivity contribution in [1.29, 1.82) is 0 Å². The number of carbonyl (C=O) groups excluding carboxylic acids is 1. The van der Waals surface area contributed by atoms with Gasteiger partial charge in [-0.25, -0.2) is 9.52 Å². The predicted molar refractivity (Wildman–Crippen MR) is 80.9 cm³/mol. The average molecular weight is 360 g/mol. The molecule has 0 aromatic heterocycles. The van der Waals surface area contributed by atoms with E-state index in [0.29, 0.717) is 0 Å². The highest BCUT2D eigenvalue weighted by Gasteiger charge is 2.26. The molecule has 0 spiro atoms. The van der Waals surface area contributed by atoms with Gasteiger partial charge >= 0.3 is 16.3 Å². The lowest BCUT2D eigenvalue weighted by Gasteiger charge is -2.23. The van der Waals surface area contributed by atoms with Gasteiger partial charge in [0.05, 0.1) is 12.9 Å². The fraction of sp³-hybridized carbons (Fsp3) is 0.909. The van der Waals surface area contributed by atoms with Gasteiger partial charge in [-0.2, -0.15) is 21.1 Å². The Balaban J connectivity index is 4.56. The van der Waals surface area contributed by atoms with Crippen LogP contribution < -0.4 is 4.72 Å². The minimum atomic E-state index is -4.08. The molecule has 132 valence electrons. The van der Waals surface area contributed by atoms with E-state index in [4.69, 9.17) is 4.74 Å². The highest BCUT2D eigenvalue weighted by Crippen LogP contribution is 2.08. The summed E-state index contributed by atoms with van der Waals surface area (Å²) in [5, 5.41) is 0. The van der Waals surface area contributed by atoms with Crippen LogP contribution in [0.15, 0.2) is 0 Å². The van der Waals surface area contributed by atoms with E-state index < -0.39 is 37.9 Å². The lowest BCUT2D eigenvalue weighted by atomic mass is 10.2. The number of hydrogen-bond donors (Lipinski definition) is 1. The lowest BCUT2D eigenvalue weighted by Crippen LogP contribution is -2.45. The first kappa shape index (κ1) is 21.1. The largest absolute Gasteiger partial charge is 0.443 e. The molecule has 0 aliphatic heterocycles. The maximum Gasteiger partial charge on any atom is 0.422 e. The summed E-state index contributed by atoms with van der Waals surface area (Å²) in [5.74, 6) is -0.394. The number of nitrogens with zero attached hydrogens (tertiary/aromatic N) is 1. The molecule has 0 radical (unpaired) electrons. The minimum Gasteiger partial charge on any atom is -0.443 e. The molecule has 0 aliphatic carbocycles. The van der Waals surface area contributed by atoms with E-state index in [1.807, 2.05) is 0 Å². The molecule has 0 aromatic carbocycles. The van der Waals surface area contributed by atoms with Crippen molar-refractivity contribution in [2.75, 3.05) is 26.5 Å². The minimum absolute atomic E-state index is 0.0341. The zero-order valence-electron chi connectivity index (χ0n) is 13.6. The van der Waals surface area contributed by atoms with Crippen molar-refractivity contribution in [2.45, 2.75) is 33.3 Å². The third-order valence-electron chi connectivity index (χ3n) is 2.16. The van der Waals surface area contributed by atoms with Crippen LogP contribution in [-0.2, 0) is 29.2 Å². The second-order valence-electron chi connectivity index (χ2n) is 5.98. The Hall–Kier alpha value is -0.910. The van der Waals surface area contributed by atoms with Gasteiger partial charge in [-0.3, -0.25) is 4.18 Å². The number of carbonyl (C=O) groups is 1. The summed E-state index contributed by atoms with van der Waals surface area (Å²) >= 11 is 0. The molecular formula is C11H24N2O7S2. The summed E-state index contributed by atoms with van der Waals surface area (Å²) in [6.45, 7) is 6.23. The Morgan fingerprint density at radius 3 is 2.14 bits per heavy atom. The first-order chi connectivity index (χ1) is 9.62. The van der Waals surface area contributed by atoms with E-state index in [0.717, 1.165) is 10.6 Å². The Morgan fingerprint density at radius 1 is 1.23 bits per heavy atom. The fourth-order valence-corrected chi connectivity index (χ4v) is 2.65. The van der Waals surface area contributed by atoms with Crippen molar-refractivity contribution in [3.8, 4) is 0 Å². The molecule has 9 nitrogen and oxygen atoms in total. The maximum absolute atomic E-state index is 11.9. The van der Waals surface area contributed by atoms with E-state index in [1.165, 1.54) is 7.05 Å². The molecule has 0 rings (SSSR count). The van der Waals surface area contributed by atoms with Gasteiger partial charge in [0, 0.05) is 13.6 Å². The van der Waals surface area contributed by atoms with Crippen molar-refractivity contribution >= 4 is 26.4 Å². The van der Waals surface area contributed by atoms with Crippen molar-refractivity contribution in [3.63, 3.8) is 0 Å². The van der Waals surface area contributed by atoms with Crippen molar-refractivity contribution in [1.82, 2.24) is 9.03 Å².